The quantitative estimate of drug-likeness (QED) is 0.422. The van der Waals surface area contributed by atoms with Gasteiger partial charge in [-0.05, 0) is 50.2 Å². The van der Waals surface area contributed by atoms with Crippen LogP contribution in [0, 0.1) is 17.0 Å². The highest BCUT2D eigenvalue weighted by Crippen LogP contribution is 2.34. The molecule has 0 aliphatic rings. The number of nitrogens with zero attached hydrogens (tertiary/aromatic N) is 3. The third-order valence-electron chi connectivity index (χ3n) is 4.16. The number of aromatic nitrogens is 1. The van der Waals surface area contributed by atoms with E-state index in [0.717, 1.165) is 11.8 Å². The Balaban J connectivity index is 2.01. The van der Waals surface area contributed by atoms with Crippen LogP contribution in [0.15, 0.2) is 71.8 Å². The fourth-order valence-electron chi connectivity index (χ4n) is 2.74. The smallest absolute Gasteiger partial charge is 0.312 e. The first-order valence-corrected chi connectivity index (χ1v) is 10.2. The number of para-hydroxylation sites is 1. The fourth-order valence-corrected chi connectivity index (χ4v) is 4.24. The highest BCUT2D eigenvalue weighted by molar-refractivity contribution is 7.92. The molecule has 9 heteroatoms. The van der Waals surface area contributed by atoms with Crippen LogP contribution in [0.2, 0.25) is 0 Å². The van der Waals surface area contributed by atoms with E-state index in [1.807, 2.05) is 0 Å². The van der Waals surface area contributed by atoms with Gasteiger partial charge >= 0.3 is 5.69 Å². The van der Waals surface area contributed by atoms with Crippen molar-refractivity contribution in [2.24, 2.45) is 0 Å². The highest BCUT2D eigenvalue weighted by Gasteiger charge is 2.27. The number of ether oxygens (including phenoxy) is 1. The number of nitro benzene ring substituents is 1. The van der Waals surface area contributed by atoms with Gasteiger partial charge in [-0.15, -0.1) is 0 Å². The number of sulfonamides is 1. The second-order valence-corrected chi connectivity index (χ2v) is 7.99. The van der Waals surface area contributed by atoms with Gasteiger partial charge in [0.25, 0.3) is 10.0 Å². The predicted octanol–water partition coefficient (Wildman–Crippen LogP) is 4.31. The van der Waals surface area contributed by atoms with E-state index in [1.54, 1.807) is 56.3 Å². The maximum atomic E-state index is 13.1. The standard InChI is InChI=1S/C20H19N3O5S/c1-3-22(16-7-5-4-6-8-16)29(26,27)18-11-12-20(19(13-18)23(24)25)28-17-10-9-15(2)21-14-17/h4-14H,3H2,1-2H3. The number of pyridine rings is 1. The molecule has 8 nitrogen and oxygen atoms in total. The van der Waals surface area contributed by atoms with Gasteiger partial charge < -0.3 is 4.74 Å². The molecule has 0 aliphatic heterocycles. The summed E-state index contributed by atoms with van der Waals surface area (Å²) in [5, 5.41) is 11.6. The van der Waals surface area contributed by atoms with Crippen molar-refractivity contribution in [2.75, 3.05) is 10.8 Å². The highest BCUT2D eigenvalue weighted by atomic mass is 32.2. The number of aryl methyl sites for hydroxylation is 1. The third-order valence-corrected chi connectivity index (χ3v) is 6.06. The lowest BCUT2D eigenvalue weighted by atomic mass is 10.3. The van der Waals surface area contributed by atoms with Crippen LogP contribution in [-0.2, 0) is 10.0 Å². The summed E-state index contributed by atoms with van der Waals surface area (Å²) in [5.41, 5.74) is 0.799. The Labute approximate surface area is 168 Å². The summed E-state index contributed by atoms with van der Waals surface area (Å²) in [6, 6.07) is 15.5. The van der Waals surface area contributed by atoms with Crippen LogP contribution < -0.4 is 9.04 Å². The molecule has 0 bridgehead atoms. The molecule has 0 saturated carbocycles. The average Bonchev–Trinajstić information content (AvgIpc) is 2.71. The molecular weight excluding hydrogens is 394 g/mol. The molecule has 0 fully saturated rings. The summed E-state index contributed by atoms with van der Waals surface area (Å²) in [7, 11) is -3.99. The first kappa shape index (κ1) is 20.3. The van der Waals surface area contributed by atoms with E-state index in [4.69, 9.17) is 4.74 Å². The van der Waals surface area contributed by atoms with Gasteiger partial charge in [0.05, 0.1) is 21.7 Å². The SMILES string of the molecule is CCN(c1ccccc1)S(=O)(=O)c1ccc(Oc2ccc(C)nc2)c([N+](=O)[O-])c1. The molecule has 0 atom stereocenters. The summed E-state index contributed by atoms with van der Waals surface area (Å²) in [6.45, 7) is 3.67. The maximum absolute atomic E-state index is 13.1. The molecule has 29 heavy (non-hydrogen) atoms. The topological polar surface area (TPSA) is 103 Å². The van der Waals surface area contributed by atoms with Crippen molar-refractivity contribution in [3.63, 3.8) is 0 Å². The first-order chi connectivity index (χ1) is 13.8. The summed E-state index contributed by atoms with van der Waals surface area (Å²) >= 11 is 0. The summed E-state index contributed by atoms with van der Waals surface area (Å²) in [4.78, 5) is 14.8. The van der Waals surface area contributed by atoms with Crippen LogP contribution in [0.4, 0.5) is 11.4 Å². The zero-order valence-electron chi connectivity index (χ0n) is 15.8. The number of hydrogen-bond donors (Lipinski definition) is 0. The number of anilines is 1. The van der Waals surface area contributed by atoms with Gasteiger partial charge in [0, 0.05) is 18.3 Å². The van der Waals surface area contributed by atoms with Crippen LogP contribution in [-0.4, -0.2) is 24.9 Å². The molecule has 1 aromatic heterocycles. The average molecular weight is 413 g/mol. The second-order valence-electron chi connectivity index (χ2n) is 6.13. The predicted molar refractivity (Wildman–Crippen MR) is 109 cm³/mol. The molecule has 0 aliphatic carbocycles. The minimum Gasteiger partial charge on any atom is -0.449 e. The molecule has 150 valence electrons. The lowest BCUT2D eigenvalue weighted by Gasteiger charge is -2.23. The minimum absolute atomic E-state index is 0.0673. The zero-order valence-corrected chi connectivity index (χ0v) is 16.7. The molecule has 3 aromatic rings. The number of benzene rings is 2. The Hall–Kier alpha value is -3.46. The Morgan fingerprint density at radius 3 is 2.41 bits per heavy atom. The van der Waals surface area contributed by atoms with Crippen LogP contribution in [0.3, 0.4) is 0 Å². The molecule has 0 radical (unpaired) electrons. The summed E-state index contributed by atoms with van der Waals surface area (Å²) in [5.74, 6) is 0.246. The fraction of sp³-hybridized carbons (Fsp3) is 0.150. The molecule has 0 unspecified atom stereocenters. The number of nitro groups is 1. The molecule has 0 N–H and O–H groups in total. The molecule has 0 amide bonds. The van der Waals surface area contributed by atoms with Crippen LogP contribution >= 0.6 is 0 Å². The van der Waals surface area contributed by atoms with E-state index < -0.39 is 20.6 Å². The normalized spacial score (nSPS) is 11.1. The Bertz CT molecular complexity index is 1120. The molecule has 3 rings (SSSR count). The monoisotopic (exact) mass is 413 g/mol. The van der Waals surface area contributed by atoms with E-state index in [1.165, 1.54) is 22.6 Å². The van der Waals surface area contributed by atoms with Gasteiger partial charge in [0.1, 0.15) is 5.75 Å². The van der Waals surface area contributed by atoms with Crippen molar-refractivity contribution in [2.45, 2.75) is 18.7 Å². The van der Waals surface area contributed by atoms with Gasteiger partial charge in [0.2, 0.25) is 5.75 Å². The van der Waals surface area contributed by atoms with Crippen LogP contribution in [0.25, 0.3) is 0 Å². The van der Waals surface area contributed by atoms with Gasteiger partial charge in [-0.3, -0.25) is 19.4 Å². The summed E-state index contributed by atoms with van der Waals surface area (Å²) < 4.78 is 32.9. The van der Waals surface area contributed by atoms with Crippen molar-refractivity contribution in [3.8, 4) is 11.5 Å². The largest absolute Gasteiger partial charge is 0.449 e. The Kier molecular flexibility index (Phi) is 5.79. The van der Waals surface area contributed by atoms with Crippen molar-refractivity contribution >= 4 is 21.4 Å². The van der Waals surface area contributed by atoms with E-state index in [2.05, 4.69) is 4.98 Å². The lowest BCUT2D eigenvalue weighted by Crippen LogP contribution is -2.30. The van der Waals surface area contributed by atoms with Crippen molar-refractivity contribution in [1.29, 1.82) is 0 Å². The Morgan fingerprint density at radius 2 is 1.83 bits per heavy atom. The molecule has 0 spiro atoms. The number of hydrogen-bond acceptors (Lipinski definition) is 6. The molecule has 2 aromatic carbocycles. The van der Waals surface area contributed by atoms with E-state index >= 15 is 0 Å². The second kappa shape index (κ2) is 8.27. The zero-order chi connectivity index (χ0) is 21.0. The number of rotatable bonds is 7. The van der Waals surface area contributed by atoms with E-state index in [-0.39, 0.29) is 17.2 Å². The van der Waals surface area contributed by atoms with Gasteiger partial charge in [-0.25, -0.2) is 8.42 Å². The molecular formula is C20H19N3O5S. The first-order valence-electron chi connectivity index (χ1n) is 8.79. The summed E-state index contributed by atoms with van der Waals surface area (Å²) in [6.07, 6.45) is 1.44. The van der Waals surface area contributed by atoms with E-state index in [0.29, 0.717) is 11.4 Å². The van der Waals surface area contributed by atoms with Gasteiger partial charge in [0.15, 0.2) is 0 Å². The van der Waals surface area contributed by atoms with Crippen LogP contribution in [0.5, 0.6) is 11.5 Å². The van der Waals surface area contributed by atoms with Crippen LogP contribution in [0.1, 0.15) is 12.6 Å². The maximum Gasteiger partial charge on any atom is 0.312 e. The van der Waals surface area contributed by atoms with Crippen molar-refractivity contribution in [1.82, 2.24) is 4.98 Å². The minimum atomic E-state index is -3.99. The molecule has 1 heterocycles. The van der Waals surface area contributed by atoms with E-state index in [9.17, 15) is 18.5 Å². The van der Waals surface area contributed by atoms with Crippen molar-refractivity contribution < 1.29 is 18.1 Å². The lowest BCUT2D eigenvalue weighted by molar-refractivity contribution is -0.385. The third kappa shape index (κ3) is 4.35. The van der Waals surface area contributed by atoms with Gasteiger partial charge in [-0.2, -0.15) is 0 Å². The Morgan fingerprint density at radius 1 is 1.10 bits per heavy atom. The van der Waals surface area contributed by atoms with Gasteiger partial charge in [-0.1, -0.05) is 18.2 Å². The molecule has 0 saturated heterocycles. The van der Waals surface area contributed by atoms with Crippen molar-refractivity contribution in [3.05, 3.63) is 82.7 Å².